The van der Waals surface area contributed by atoms with Gasteiger partial charge >= 0.3 is 0 Å². The van der Waals surface area contributed by atoms with Crippen LogP contribution in [0.3, 0.4) is 0 Å². The van der Waals surface area contributed by atoms with E-state index in [1.807, 2.05) is 6.07 Å². The smallest absolute Gasteiger partial charge is 0.127 e. The Bertz CT molecular complexity index is 417. The maximum absolute atomic E-state index is 9.38. The van der Waals surface area contributed by atoms with Crippen LogP contribution in [0.1, 0.15) is 11.6 Å². The summed E-state index contributed by atoms with van der Waals surface area (Å²) in [5, 5.41) is 12.8. The van der Waals surface area contributed by atoms with Crippen molar-refractivity contribution in [3.8, 4) is 11.5 Å². The molecule has 2 aliphatic heterocycles. The number of fused-ring (bicyclic) bond motifs is 1. The largest absolute Gasteiger partial charge is 0.508 e. The third-order valence-electron chi connectivity index (χ3n) is 3.25. The molecule has 0 bridgehead atoms. The summed E-state index contributed by atoms with van der Waals surface area (Å²) in [7, 11) is 0. The number of hydrogen-bond donors (Lipinski definition) is 2. The Morgan fingerprint density at radius 1 is 1.28 bits per heavy atom. The van der Waals surface area contributed by atoms with Gasteiger partial charge in [-0.05, 0) is 12.1 Å². The van der Waals surface area contributed by atoms with E-state index in [1.165, 1.54) is 0 Å². The molecule has 2 N–H and O–H groups in total. The number of phenolic OH excluding ortho intramolecular Hbond substituents is 1. The Labute approximate surface area is 106 Å². The summed E-state index contributed by atoms with van der Waals surface area (Å²) in [6.07, 6.45) is 0.111. The van der Waals surface area contributed by atoms with E-state index < -0.39 is 0 Å². The first-order valence-electron chi connectivity index (χ1n) is 6.21. The normalized spacial score (nSPS) is 26.7. The molecular formula is C13H17NO4. The van der Waals surface area contributed by atoms with Gasteiger partial charge in [-0.15, -0.1) is 0 Å². The van der Waals surface area contributed by atoms with Crippen LogP contribution in [0.25, 0.3) is 0 Å². The first kappa shape index (κ1) is 11.8. The summed E-state index contributed by atoms with van der Waals surface area (Å²) in [4.78, 5) is 0. The van der Waals surface area contributed by atoms with Crippen LogP contribution < -0.4 is 10.1 Å². The average Bonchev–Trinajstić information content (AvgIpc) is 2.80. The summed E-state index contributed by atoms with van der Waals surface area (Å²) in [5.74, 6) is 0.992. The molecule has 2 aliphatic rings. The number of hydrogen-bond acceptors (Lipinski definition) is 5. The van der Waals surface area contributed by atoms with Crippen LogP contribution in [0.15, 0.2) is 18.2 Å². The van der Waals surface area contributed by atoms with E-state index in [0.29, 0.717) is 26.4 Å². The lowest BCUT2D eigenvalue weighted by Crippen LogP contribution is -2.39. The van der Waals surface area contributed by atoms with E-state index in [4.69, 9.17) is 14.2 Å². The van der Waals surface area contributed by atoms with Crippen molar-refractivity contribution in [2.24, 2.45) is 0 Å². The Balaban J connectivity index is 1.59. The highest BCUT2D eigenvalue weighted by atomic mass is 16.6. The van der Waals surface area contributed by atoms with Crippen LogP contribution in [0.5, 0.6) is 11.5 Å². The quantitative estimate of drug-likeness (QED) is 0.833. The second kappa shape index (κ2) is 5.14. The fraction of sp³-hybridized carbons (Fsp3) is 0.538. The summed E-state index contributed by atoms with van der Waals surface area (Å²) in [6.45, 7) is 3.33. The van der Waals surface area contributed by atoms with Gasteiger partial charge < -0.3 is 24.6 Å². The highest BCUT2D eigenvalue weighted by molar-refractivity contribution is 5.44. The highest BCUT2D eigenvalue weighted by Gasteiger charge is 2.25. The second-order valence-electron chi connectivity index (χ2n) is 4.56. The fourth-order valence-corrected chi connectivity index (χ4v) is 2.30. The average molecular weight is 251 g/mol. The third-order valence-corrected chi connectivity index (χ3v) is 3.25. The minimum absolute atomic E-state index is 0.111. The van der Waals surface area contributed by atoms with Gasteiger partial charge in [0.2, 0.25) is 0 Å². The molecule has 2 unspecified atom stereocenters. The van der Waals surface area contributed by atoms with Gasteiger partial charge in [0.25, 0.3) is 0 Å². The van der Waals surface area contributed by atoms with Crippen LogP contribution >= 0.6 is 0 Å². The van der Waals surface area contributed by atoms with Crippen LogP contribution in [0, 0.1) is 0 Å². The van der Waals surface area contributed by atoms with Crippen LogP contribution in [-0.4, -0.2) is 44.2 Å². The molecule has 1 saturated heterocycles. The molecule has 98 valence electrons. The minimum atomic E-state index is 0.111. The van der Waals surface area contributed by atoms with Gasteiger partial charge in [0, 0.05) is 18.2 Å². The molecule has 3 rings (SSSR count). The van der Waals surface area contributed by atoms with Gasteiger partial charge in [-0.3, -0.25) is 0 Å². The van der Waals surface area contributed by atoms with Crippen molar-refractivity contribution in [2.75, 3.05) is 33.0 Å². The molecule has 0 saturated carbocycles. The van der Waals surface area contributed by atoms with E-state index in [1.54, 1.807) is 12.1 Å². The number of benzene rings is 1. The Morgan fingerprint density at radius 3 is 3.06 bits per heavy atom. The van der Waals surface area contributed by atoms with Crippen molar-refractivity contribution in [3.63, 3.8) is 0 Å². The maximum atomic E-state index is 9.38. The predicted octanol–water partition coefficient (Wildman–Crippen LogP) is 0.831. The lowest BCUT2D eigenvalue weighted by atomic mass is 10.1. The minimum Gasteiger partial charge on any atom is -0.508 e. The zero-order valence-corrected chi connectivity index (χ0v) is 10.1. The molecule has 2 atom stereocenters. The van der Waals surface area contributed by atoms with Crippen molar-refractivity contribution in [3.05, 3.63) is 23.8 Å². The molecule has 1 aromatic carbocycles. The van der Waals surface area contributed by atoms with Gasteiger partial charge in [0.1, 0.15) is 18.1 Å². The first-order valence-corrected chi connectivity index (χ1v) is 6.21. The number of aromatic hydroxyl groups is 1. The highest BCUT2D eigenvalue weighted by Crippen LogP contribution is 2.34. The fourth-order valence-electron chi connectivity index (χ4n) is 2.30. The molecule has 18 heavy (non-hydrogen) atoms. The van der Waals surface area contributed by atoms with E-state index in [9.17, 15) is 5.11 Å². The zero-order chi connectivity index (χ0) is 12.4. The molecule has 0 aliphatic carbocycles. The number of rotatable bonds is 3. The number of ether oxygens (including phenoxy) is 3. The van der Waals surface area contributed by atoms with Gasteiger partial charge in [-0.1, -0.05) is 0 Å². The van der Waals surface area contributed by atoms with Crippen LogP contribution in [0.2, 0.25) is 0 Å². The molecule has 5 nitrogen and oxygen atoms in total. The van der Waals surface area contributed by atoms with E-state index in [0.717, 1.165) is 17.9 Å². The van der Waals surface area contributed by atoms with E-state index in [-0.39, 0.29) is 17.9 Å². The summed E-state index contributed by atoms with van der Waals surface area (Å²) < 4.78 is 16.5. The topological polar surface area (TPSA) is 60.0 Å². The van der Waals surface area contributed by atoms with Gasteiger partial charge in [-0.2, -0.15) is 0 Å². The summed E-state index contributed by atoms with van der Waals surface area (Å²) in [5.41, 5.74) is 1.09. The molecule has 5 heteroatoms. The summed E-state index contributed by atoms with van der Waals surface area (Å²) >= 11 is 0. The maximum Gasteiger partial charge on any atom is 0.127 e. The van der Waals surface area contributed by atoms with Crippen LogP contribution in [-0.2, 0) is 9.47 Å². The molecule has 1 fully saturated rings. The zero-order valence-electron chi connectivity index (χ0n) is 10.1. The number of phenols is 1. The summed E-state index contributed by atoms with van der Waals surface area (Å²) in [6, 6.07) is 5.39. The lowest BCUT2D eigenvalue weighted by molar-refractivity contribution is -0.0871. The predicted molar refractivity (Wildman–Crippen MR) is 64.9 cm³/mol. The van der Waals surface area contributed by atoms with Crippen molar-refractivity contribution in [1.29, 1.82) is 0 Å². The van der Waals surface area contributed by atoms with Gasteiger partial charge in [0.15, 0.2) is 0 Å². The van der Waals surface area contributed by atoms with Crippen molar-refractivity contribution in [1.82, 2.24) is 5.32 Å². The van der Waals surface area contributed by atoms with E-state index >= 15 is 0 Å². The second-order valence-corrected chi connectivity index (χ2v) is 4.56. The Morgan fingerprint density at radius 2 is 2.22 bits per heavy atom. The van der Waals surface area contributed by atoms with Gasteiger partial charge in [-0.25, -0.2) is 0 Å². The lowest BCUT2D eigenvalue weighted by Gasteiger charge is -2.24. The molecule has 0 amide bonds. The van der Waals surface area contributed by atoms with Crippen molar-refractivity contribution >= 4 is 0 Å². The number of nitrogens with one attached hydrogen (secondary N) is 1. The van der Waals surface area contributed by atoms with Crippen LogP contribution in [0.4, 0.5) is 0 Å². The SMILES string of the molecule is Oc1ccc2c(c1)OCC2NCC1COCCO1. The first-order chi connectivity index (χ1) is 8.83. The molecule has 0 spiro atoms. The Kier molecular flexibility index (Phi) is 3.36. The molecule has 1 aromatic rings. The van der Waals surface area contributed by atoms with E-state index in [2.05, 4.69) is 5.32 Å². The Hall–Kier alpha value is -1.30. The molecule has 2 heterocycles. The standard InChI is InChI=1S/C13H17NO4/c15-9-1-2-11-12(8-18-13(11)5-9)14-6-10-7-16-3-4-17-10/h1-2,5,10,12,14-15H,3-4,6-8H2. The van der Waals surface area contributed by atoms with Crippen molar-refractivity contribution in [2.45, 2.75) is 12.1 Å². The van der Waals surface area contributed by atoms with Crippen molar-refractivity contribution < 1.29 is 19.3 Å². The third kappa shape index (κ3) is 2.43. The molecule has 0 radical (unpaired) electrons. The monoisotopic (exact) mass is 251 g/mol. The molecular weight excluding hydrogens is 234 g/mol. The molecule has 0 aromatic heterocycles. The van der Waals surface area contributed by atoms with Gasteiger partial charge in [0.05, 0.1) is 32.0 Å².